The summed E-state index contributed by atoms with van der Waals surface area (Å²) in [5.41, 5.74) is 4.78. The molecule has 1 aliphatic heterocycles. The quantitative estimate of drug-likeness (QED) is 0.299. The van der Waals surface area contributed by atoms with E-state index in [0.29, 0.717) is 17.1 Å². The van der Waals surface area contributed by atoms with E-state index in [0.717, 1.165) is 5.56 Å². The Morgan fingerprint density at radius 2 is 1.87 bits per heavy atom. The molecule has 0 radical (unpaired) electrons. The van der Waals surface area contributed by atoms with Gasteiger partial charge in [0.05, 0.1) is 16.3 Å². The second kappa shape index (κ2) is 7.49. The lowest BCUT2D eigenvalue weighted by molar-refractivity contribution is -0.384. The van der Waals surface area contributed by atoms with Gasteiger partial charge in [-0.1, -0.05) is 23.7 Å². The number of rotatable bonds is 4. The summed E-state index contributed by atoms with van der Waals surface area (Å²) in [6.07, 6.45) is 3.13. The van der Waals surface area contributed by atoms with Crippen LogP contribution in [-0.4, -0.2) is 21.3 Å². The zero-order chi connectivity index (χ0) is 21.4. The predicted molar refractivity (Wildman–Crippen MR) is 112 cm³/mol. The normalized spacial score (nSPS) is 15.0. The number of nitrogens with zero attached hydrogens (tertiary/aromatic N) is 3. The number of hydrogen-bond acceptors (Lipinski definition) is 4. The van der Waals surface area contributed by atoms with Gasteiger partial charge >= 0.3 is 0 Å². The molecule has 2 aromatic carbocycles. The molecular formula is C21H15ClN4O4. The molecule has 1 N–H and O–H groups in total. The van der Waals surface area contributed by atoms with E-state index < -0.39 is 16.7 Å². The fourth-order valence-electron chi connectivity index (χ4n) is 3.19. The van der Waals surface area contributed by atoms with Gasteiger partial charge in [-0.25, -0.2) is 5.01 Å². The molecule has 9 heteroatoms. The number of nitrogens with one attached hydrogen (secondary N) is 1. The summed E-state index contributed by atoms with van der Waals surface area (Å²) in [6.45, 7) is 1.89. The Labute approximate surface area is 176 Å². The molecule has 2 amide bonds. The third kappa shape index (κ3) is 3.44. The van der Waals surface area contributed by atoms with E-state index in [9.17, 15) is 19.7 Å². The summed E-state index contributed by atoms with van der Waals surface area (Å²) in [4.78, 5) is 35.9. The van der Waals surface area contributed by atoms with Crippen molar-refractivity contribution in [1.82, 2.24) is 9.99 Å². The van der Waals surface area contributed by atoms with Crippen LogP contribution in [0.2, 0.25) is 5.02 Å². The largest absolute Gasteiger partial charge is 0.317 e. The molecule has 1 aliphatic rings. The highest BCUT2D eigenvalue weighted by Crippen LogP contribution is 2.28. The van der Waals surface area contributed by atoms with Crippen LogP contribution >= 0.6 is 11.6 Å². The van der Waals surface area contributed by atoms with Gasteiger partial charge in [-0.05, 0) is 55.0 Å². The Morgan fingerprint density at radius 3 is 2.60 bits per heavy atom. The molecular weight excluding hydrogens is 408 g/mol. The van der Waals surface area contributed by atoms with Gasteiger partial charge in [0.1, 0.15) is 10.6 Å². The SMILES string of the molecule is Cc1cccc(N2NC(=O)/C(=C\c3cccn3-c3ccc(Cl)c([N+](=O)[O-])c3)C2=O)c1. The lowest BCUT2D eigenvalue weighted by Gasteiger charge is -2.14. The predicted octanol–water partition coefficient (Wildman–Crippen LogP) is 3.81. The van der Waals surface area contributed by atoms with E-state index in [4.69, 9.17) is 11.6 Å². The van der Waals surface area contributed by atoms with Gasteiger partial charge in [-0.2, -0.15) is 0 Å². The van der Waals surface area contributed by atoms with Crippen LogP contribution in [0.4, 0.5) is 11.4 Å². The third-order valence-corrected chi connectivity index (χ3v) is 4.95. The van der Waals surface area contributed by atoms with Gasteiger partial charge in [-0.3, -0.25) is 25.1 Å². The number of aromatic nitrogens is 1. The molecule has 0 unspecified atom stereocenters. The second-order valence-corrected chi connectivity index (χ2v) is 7.08. The summed E-state index contributed by atoms with van der Waals surface area (Å²) in [5, 5.41) is 12.4. The van der Waals surface area contributed by atoms with E-state index in [-0.39, 0.29) is 16.3 Å². The summed E-state index contributed by atoms with van der Waals surface area (Å²) in [6, 6.07) is 15.0. The number of hydrazine groups is 1. The van der Waals surface area contributed by atoms with Crippen molar-refractivity contribution in [2.24, 2.45) is 0 Å². The van der Waals surface area contributed by atoms with Crippen LogP contribution in [0.25, 0.3) is 11.8 Å². The molecule has 0 bridgehead atoms. The van der Waals surface area contributed by atoms with Crippen molar-refractivity contribution < 1.29 is 14.5 Å². The number of amides is 2. The van der Waals surface area contributed by atoms with Crippen molar-refractivity contribution >= 4 is 40.9 Å². The lowest BCUT2D eigenvalue weighted by atomic mass is 10.2. The Bertz CT molecular complexity index is 1230. The first-order valence-corrected chi connectivity index (χ1v) is 9.28. The zero-order valence-electron chi connectivity index (χ0n) is 15.7. The molecule has 1 saturated heterocycles. The summed E-state index contributed by atoms with van der Waals surface area (Å²) >= 11 is 5.89. The summed E-state index contributed by atoms with van der Waals surface area (Å²) in [5.74, 6) is -1.02. The number of nitro groups is 1. The average molecular weight is 423 g/mol. The molecule has 0 atom stereocenters. The fraction of sp³-hybridized carbons (Fsp3) is 0.0476. The van der Waals surface area contributed by atoms with Crippen LogP contribution < -0.4 is 10.4 Å². The molecule has 1 fully saturated rings. The Hall–Kier alpha value is -3.91. The Morgan fingerprint density at radius 1 is 1.07 bits per heavy atom. The number of carbonyl (C=O) groups excluding carboxylic acids is 2. The highest BCUT2D eigenvalue weighted by Gasteiger charge is 2.34. The molecule has 2 heterocycles. The van der Waals surface area contributed by atoms with E-state index in [1.807, 2.05) is 13.0 Å². The van der Waals surface area contributed by atoms with Crippen molar-refractivity contribution in [3.8, 4) is 5.69 Å². The number of aryl methyl sites for hydroxylation is 1. The van der Waals surface area contributed by atoms with Crippen LogP contribution in [0.3, 0.4) is 0 Å². The van der Waals surface area contributed by atoms with Crippen molar-refractivity contribution in [2.45, 2.75) is 6.92 Å². The van der Waals surface area contributed by atoms with Crippen LogP contribution in [0.1, 0.15) is 11.3 Å². The first-order valence-electron chi connectivity index (χ1n) is 8.90. The van der Waals surface area contributed by atoms with Crippen LogP contribution in [0.5, 0.6) is 0 Å². The molecule has 3 aromatic rings. The maximum Gasteiger partial charge on any atom is 0.289 e. The van der Waals surface area contributed by atoms with Gasteiger partial charge in [0, 0.05) is 18.0 Å². The highest BCUT2D eigenvalue weighted by atomic mass is 35.5. The topological polar surface area (TPSA) is 97.5 Å². The molecule has 30 heavy (non-hydrogen) atoms. The Kier molecular flexibility index (Phi) is 4.85. The number of nitro benzene ring substituents is 1. The van der Waals surface area contributed by atoms with Gasteiger partial charge in [0.25, 0.3) is 17.5 Å². The minimum Gasteiger partial charge on any atom is -0.317 e. The van der Waals surface area contributed by atoms with Gasteiger partial charge in [0.15, 0.2) is 0 Å². The van der Waals surface area contributed by atoms with E-state index in [2.05, 4.69) is 5.43 Å². The summed E-state index contributed by atoms with van der Waals surface area (Å²) < 4.78 is 1.63. The summed E-state index contributed by atoms with van der Waals surface area (Å²) in [7, 11) is 0. The maximum absolute atomic E-state index is 12.8. The van der Waals surface area contributed by atoms with Gasteiger partial charge in [0.2, 0.25) is 0 Å². The zero-order valence-corrected chi connectivity index (χ0v) is 16.5. The fourth-order valence-corrected chi connectivity index (χ4v) is 3.38. The standard InChI is InChI=1S/C21H15ClN4O4/c1-13-4-2-5-16(10-13)25-21(28)17(20(27)23-25)11-14-6-3-9-24(14)15-7-8-18(22)19(12-15)26(29)30/h2-12H,1H3,(H,23,27)/b17-11+. The first-order chi connectivity index (χ1) is 14.3. The molecule has 0 aliphatic carbocycles. The monoisotopic (exact) mass is 422 g/mol. The second-order valence-electron chi connectivity index (χ2n) is 6.67. The van der Waals surface area contributed by atoms with Gasteiger partial charge in [-0.15, -0.1) is 0 Å². The number of carbonyl (C=O) groups is 2. The minimum absolute atomic E-state index is 0.0231. The number of hydrogen-bond donors (Lipinski definition) is 1. The average Bonchev–Trinajstić information content (AvgIpc) is 3.28. The maximum atomic E-state index is 12.8. The number of anilines is 1. The molecule has 0 spiro atoms. The van der Waals surface area contributed by atoms with E-state index in [1.165, 1.54) is 23.2 Å². The smallest absolute Gasteiger partial charge is 0.289 e. The van der Waals surface area contributed by atoms with Crippen LogP contribution in [-0.2, 0) is 9.59 Å². The molecule has 4 rings (SSSR count). The number of benzene rings is 2. The first kappa shape index (κ1) is 19.4. The lowest BCUT2D eigenvalue weighted by Crippen LogP contribution is -2.35. The van der Waals surface area contributed by atoms with Crippen molar-refractivity contribution in [2.75, 3.05) is 5.01 Å². The molecule has 8 nitrogen and oxygen atoms in total. The van der Waals surface area contributed by atoms with Crippen molar-refractivity contribution in [3.05, 3.63) is 92.8 Å². The third-order valence-electron chi connectivity index (χ3n) is 4.63. The Balaban J connectivity index is 1.71. The van der Waals surface area contributed by atoms with E-state index in [1.54, 1.807) is 47.2 Å². The highest BCUT2D eigenvalue weighted by molar-refractivity contribution is 6.32. The van der Waals surface area contributed by atoms with Crippen molar-refractivity contribution in [3.63, 3.8) is 0 Å². The van der Waals surface area contributed by atoms with Crippen LogP contribution in [0, 0.1) is 17.0 Å². The number of halogens is 1. The van der Waals surface area contributed by atoms with Crippen molar-refractivity contribution in [1.29, 1.82) is 0 Å². The molecule has 1 aromatic heterocycles. The van der Waals surface area contributed by atoms with E-state index >= 15 is 0 Å². The minimum atomic E-state index is -0.568. The van der Waals surface area contributed by atoms with Crippen LogP contribution in [0.15, 0.2) is 66.4 Å². The van der Waals surface area contributed by atoms with Gasteiger partial charge < -0.3 is 4.57 Å². The molecule has 0 saturated carbocycles. The molecule has 150 valence electrons.